The third-order valence-electron chi connectivity index (χ3n) is 5.15. The second-order valence-electron chi connectivity index (χ2n) is 6.94. The van der Waals surface area contributed by atoms with Crippen LogP contribution in [0.25, 0.3) is 0 Å². The zero-order valence-corrected chi connectivity index (χ0v) is 15.4. The number of nitrogens with zero attached hydrogens (tertiary/aromatic N) is 2. The summed E-state index contributed by atoms with van der Waals surface area (Å²) in [5.41, 5.74) is 1.14. The van der Waals surface area contributed by atoms with Gasteiger partial charge in [0.15, 0.2) is 0 Å². The van der Waals surface area contributed by atoms with Crippen molar-refractivity contribution < 1.29 is 19.0 Å². The maximum absolute atomic E-state index is 12.8. The topological polar surface area (TPSA) is 51.2 Å². The van der Waals surface area contributed by atoms with Crippen molar-refractivity contribution in [2.75, 3.05) is 53.6 Å². The molecule has 1 amide bonds. The number of carbonyl (C=O) groups excluding carboxylic acids is 1. The van der Waals surface area contributed by atoms with E-state index in [-0.39, 0.29) is 11.8 Å². The summed E-state index contributed by atoms with van der Waals surface area (Å²) in [5, 5.41) is 0. The van der Waals surface area contributed by atoms with Crippen molar-refractivity contribution in [3.05, 3.63) is 23.8 Å². The van der Waals surface area contributed by atoms with Crippen LogP contribution in [0.2, 0.25) is 0 Å². The molecule has 0 saturated carbocycles. The predicted molar refractivity (Wildman–Crippen MR) is 94.9 cm³/mol. The summed E-state index contributed by atoms with van der Waals surface area (Å²) in [6.07, 6.45) is 0. The zero-order chi connectivity index (χ0) is 17.8. The highest BCUT2D eigenvalue weighted by molar-refractivity contribution is 5.79. The van der Waals surface area contributed by atoms with Gasteiger partial charge >= 0.3 is 0 Å². The molecule has 2 aliphatic heterocycles. The van der Waals surface area contributed by atoms with E-state index in [2.05, 4.69) is 11.8 Å². The van der Waals surface area contributed by atoms with Crippen LogP contribution in [0.4, 0.5) is 0 Å². The minimum absolute atomic E-state index is 0.0746. The fraction of sp³-hybridized carbons (Fsp3) is 0.632. The van der Waals surface area contributed by atoms with Gasteiger partial charge in [-0.25, -0.2) is 0 Å². The van der Waals surface area contributed by atoms with Gasteiger partial charge in [-0.05, 0) is 23.6 Å². The molecule has 1 aromatic rings. The van der Waals surface area contributed by atoms with E-state index in [1.807, 2.05) is 23.1 Å². The van der Waals surface area contributed by atoms with E-state index in [9.17, 15) is 4.79 Å². The normalized spacial score (nSPS) is 24.4. The maximum Gasteiger partial charge on any atom is 0.227 e. The number of benzene rings is 1. The molecule has 0 aromatic heterocycles. The second kappa shape index (κ2) is 8.06. The van der Waals surface area contributed by atoms with Gasteiger partial charge in [-0.1, -0.05) is 6.92 Å². The summed E-state index contributed by atoms with van der Waals surface area (Å²) in [7, 11) is 3.32. The highest BCUT2D eigenvalue weighted by Gasteiger charge is 2.37. The Hall–Kier alpha value is -1.79. The highest BCUT2D eigenvalue weighted by Crippen LogP contribution is 2.29. The van der Waals surface area contributed by atoms with Gasteiger partial charge in [-0.2, -0.15) is 0 Å². The van der Waals surface area contributed by atoms with Gasteiger partial charge < -0.3 is 19.1 Å². The van der Waals surface area contributed by atoms with Crippen molar-refractivity contribution >= 4 is 5.91 Å². The minimum atomic E-state index is 0.0746. The van der Waals surface area contributed by atoms with E-state index in [0.717, 1.165) is 49.8 Å². The lowest BCUT2D eigenvalue weighted by Gasteiger charge is -2.30. The third-order valence-corrected chi connectivity index (χ3v) is 5.15. The van der Waals surface area contributed by atoms with Gasteiger partial charge in [-0.3, -0.25) is 9.69 Å². The zero-order valence-electron chi connectivity index (χ0n) is 15.4. The van der Waals surface area contributed by atoms with E-state index in [1.165, 1.54) is 0 Å². The molecule has 2 saturated heterocycles. The predicted octanol–water partition coefficient (Wildman–Crippen LogP) is 1.63. The van der Waals surface area contributed by atoms with Crippen LogP contribution in [0.3, 0.4) is 0 Å². The molecule has 0 aliphatic carbocycles. The quantitative estimate of drug-likeness (QED) is 0.810. The van der Waals surface area contributed by atoms with Crippen LogP contribution in [0.1, 0.15) is 12.5 Å². The Morgan fingerprint density at radius 1 is 1.12 bits per heavy atom. The molecule has 2 aliphatic rings. The number of hydrogen-bond acceptors (Lipinski definition) is 5. The molecule has 0 radical (unpaired) electrons. The van der Waals surface area contributed by atoms with Crippen molar-refractivity contribution in [3.63, 3.8) is 0 Å². The van der Waals surface area contributed by atoms with Crippen LogP contribution in [-0.2, 0) is 16.1 Å². The summed E-state index contributed by atoms with van der Waals surface area (Å²) >= 11 is 0. The molecule has 0 unspecified atom stereocenters. The van der Waals surface area contributed by atoms with Crippen molar-refractivity contribution in [3.8, 4) is 11.5 Å². The lowest BCUT2D eigenvalue weighted by Crippen LogP contribution is -2.45. The van der Waals surface area contributed by atoms with Gasteiger partial charge in [0.2, 0.25) is 5.91 Å². The SMILES string of the molecule is COc1cc(CN2C[C@@H](C)[C@H](C(=O)N3CCOCC3)C2)cc(OC)c1. The fourth-order valence-electron chi connectivity index (χ4n) is 3.75. The van der Waals surface area contributed by atoms with E-state index < -0.39 is 0 Å². The van der Waals surface area contributed by atoms with Gasteiger partial charge in [0, 0.05) is 38.8 Å². The standard InChI is InChI=1S/C19H28N2O4/c1-14-11-20(12-15-8-16(23-2)10-17(9-15)24-3)13-18(14)19(22)21-4-6-25-7-5-21/h8-10,14,18H,4-7,11-13H2,1-3H3/t14-,18-/m1/s1. The average molecular weight is 348 g/mol. The van der Waals surface area contributed by atoms with Gasteiger partial charge in [-0.15, -0.1) is 0 Å². The molecule has 1 aromatic carbocycles. The molecule has 3 rings (SSSR count). The first-order valence-electron chi connectivity index (χ1n) is 8.91. The first kappa shape index (κ1) is 18.0. The number of rotatable bonds is 5. The Morgan fingerprint density at radius 3 is 2.36 bits per heavy atom. The van der Waals surface area contributed by atoms with Crippen LogP contribution in [0.5, 0.6) is 11.5 Å². The van der Waals surface area contributed by atoms with E-state index in [1.54, 1.807) is 14.2 Å². The van der Waals surface area contributed by atoms with Crippen molar-refractivity contribution in [2.45, 2.75) is 13.5 Å². The number of methoxy groups -OCH3 is 2. The molecule has 6 heteroatoms. The second-order valence-corrected chi connectivity index (χ2v) is 6.94. The van der Waals surface area contributed by atoms with Crippen LogP contribution in [0.15, 0.2) is 18.2 Å². The van der Waals surface area contributed by atoms with E-state index >= 15 is 0 Å². The first-order chi connectivity index (χ1) is 12.1. The molecule has 6 nitrogen and oxygen atoms in total. The summed E-state index contributed by atoms with van der Waals surface area (Å²) in [5.74, 6) is 2.31. The molecule has 2 fully saturated rings. The van der Waals surface area contributed by atoms with Gasteiger partial charge in [0.05, 0.1) is 33.4 Å². The van der Waals surface area contributed by atoms with Gasteiger partial charge in [0.1, 0.15) is 11.5 Å². The van der Waals surface area contributed by atoms with Crippen LogP contribution >= 0.6 is 0 Å². The lowest BCUT2D eigenvalue weighted by molar-refractivity contribution is -0.140. The molecule has 138 valence electrons. The average Bonchev–Trinajstić information content (AvgIpc) is 3.01. The maximum atomic E-state index is 12.8. The Labute approximate surface area is 149 Å². The molecule has 2 atom stereocenters. The first-order valence-corrected chi connectivity index (χ1v) is 8.91. The van der Waals surface area contributed by atoms with Gasteiger partial charge in [0.25, 0.3) is 0 Å². The molecule has 25 heavy (non-hydrogen) atoms. The molecular formula is C19H28N2O4. The van der Waals surface area contributed by atoms with Crippen molar-refractivity contribution in [1.82, 2.24) is 9.80 Å². The number of morpholine rings is 1. The number of hydrogen-bond donors (Lipinski definition) is 0. The van der Waals surface area contributed by atoms with Crippen LogP contribution in [0, 0.1) is 11.8 Å². The monoisotopic (exact) mass is 348 g/mol. The summed E-state index contributed by atoms with van der Waals surface area (Å²) in [6.45, 7) is 7.45. The fourth-order valence-corrected chi connectivity index (χ4v) is 3.75. The molecule has 0 N–H and O–H groups in total. The number of ether oxygens (including phenoxy) is 3. The van der Waals surface area contributed by atoms with Crippen molar-refractivity contribution in [2.24, 2.45) is 11.8 Å². The smallest absolute Gasteiger partial charge is 0.227 e. The number of carbonyl (C=O) groups is 1. The molecule has 0 spiro atoms. The Bertz CT molecular complexity index is 579. The molecule has 0 bridgehead atoms. The van der Waals surface area contributed by atoms with Crippen LogP contribution in [-0.4, -0.2) is 69.3 Å². The Balaban J connectivity index is 1.64. The minimum Gasteiger partial charge on any atom is -0.497 e. The lowest BCUT2D eigenvalue weighted by atomic mass is 9.96. The third kappa shape index (κ3) is 4.25. The van der Waals surface area contributed by atoms with E-state index in [0.29, 0.717) is 19.1 Å². The summed E-state index contributed by atoms with van der Waals surface area (Å²) in [4.78, 5) is 17.1. The highest BCUT2D eigenvalue weighted by atomic mass is 16.5. The molecular weight excluding hydrogens is 320 g/mol. The Morgan fingerprint density at radius 2 is 1.76 bits per heavy atom. The van der Waals surface area contributed by atoms with Crippen molar-refractivity contribution in [1.29, 1.82) is 0 Å². The summed E-state index contributed by atoms with van der Waals surface area (Å²) in [6, 6.07) is 5.94. The molecule has 2 heterocycles. The van der Waals surface area contributed by atoms with E-state index in [4.69, 9.17) is 14.2 Å². The largest absolute Gasteiger partial charge is 0.497 e. The number of amides is 1. The summed E-state index contributed by atoms with van der Waals surface area (Å²) < 4.78 is 16.1. The van der Waals surface area contributed by atoms with Crippen LogP contribution < -0.4 is 9.47 Å². The Kier molecular flexibility index (Phi) is 5.81. The number of likely N-dealkylation sites (tertiary alicyclic amines) is 1.